The summed E-state index contributed by atoms with van der Waals surface area (Å²) >= 11 is 2.00. The normalized spacial score (nSPS) is 24.8. The number of rotatable bonds is 7. The summed E-state index contributed by atoms with van der Waals surface area (Å²) in [6.07, 6.45) is 4.96. The van der Waals surface area contributed by atoms with Crippen molar-refractivity contribution in [2.24, 2.45) is 0 Å². The monoisotopic (exact) mass is 274 g/mol. The first-order valence-electron chi connectivity index (χ1n) is 6.95. The Morgan fingerprint density at radius 2 is 2.28 bits per heavy atom. The lowest BCUT2D eigenvalue weighted by Crippen LogP contribution is -2.44. The zero-order valence-electron chi connectivity index (χ0n) is 11.4. The van der Waals surface area contributed by atoms with Crippen molar-refractivity contribution in [3.8, 4) is 0 Å². The van der Waals surface area contributed by atoms with Crippen LogP contribution in [0.4, 0.5) is 4.79 Å². The minimum atomic E-state index is -0.0624. The zero-order valence-corrected chi connectivity index (χ0v) is 12.3. The summed E-state index contributed by atoms with van der Waals surface area (Å²) in [4.78, 5) is 11.7. The summed E-state index contributed by atoms with van der Waals surface area (Å²) in [5.74, 6) is 1.15. The number of nitrogens with one attached hydrogen (secondary N) is 2. The molecule has 1 aliphatic carbocycles. The Balaban J connectivity index is 2.16. The van der Waals surface area contributed by atoms with E-state index >= 15 is 0 Å². The SMILES string of the molecule is CCSC1CCC(NC(=O)NC(C)CCCO)C1. The predicted octanol–water partition coefficient (Wildman–Crippen LogP) is 2.12. The van der Waals surface area contributed by atoms with Gasteiger partial charge in [0.2, 0.25) is 0 Å². The number of thioether (sulfide) groups is 1. The molecule has 0 aromatic carbocycles. The Bertz CT molecular complexity index is 251. The lowest BCUT2D eigenvalue weighted by molar-refractivity contribution is 0.230. The summed E-state index contributed by atoms with van der Waals surface area (Å²) in [6, 6.07) is 0.394. The maximum atomic E-state index is 11.7. The first-order valence-corrected chi connectivity index (χ1v) is 8.00. The van der Waals surface area contributed by atoms with Crippen LogP contribution in [0.25, 0.3) is 0 Å². The van der Waals surface area contributed by atoms with Gasteiger partial charge in [0.05, 0.1) is 0 Å². The average molecular weight is 274 g/mol. The summed E-state index contributed by atoms with van der Waals surface area (Å²) in [5, 5.41) is 15.4. The van der Waals surface area contributed by atoms with E-state index in [4.69, 9.17) is 5.11 Å². The van der Waals surface area contributed by atoms with Crippen LogP contribution in [0.5, 0.6) is 0 Å². The van der Waals surface area contributed by atoms with Crippen molar-refractivity contribution in [1.82, 2.24) is 10.6 Å². The minimum Gasteiger partial charge on any atom is -0.396 e. The van der Waals surface area contributed by atoms with E-state index in [-0.39, 0.29) is 18.7 Å². The highest BCUT2D eigenvalue weighted by atomic mass is 32.2. The molecule has 0 aromatic rings. The summed E-state index contributed by atoms with van der Waals surface area (Å²) < 4.78 is 0. The number of carbonyl (C=O) groups is 1. The van der Waals surface area contributed by atoms with Crippen LogP contribution in [0.3, 0.4) is 0 Å². The van der Waals surface area contributed by atoms with E-state index in [0.29, 0.717) is 11.3 Å². The molecule has 1 rings (SSSR count). The number of carbonyl (C=O) groups excluding carboxylic acids is 1. The zero-order chi connectivity index (χ0) is 13.4. The van der Waals surface area contributed by atoms with Gasteiger partial charge in [0, 0.05) is 23.9 Å². The van der Waals surface area contributed by atoms with Crippen molar-refractivity contribution in [3.63, 3.8) is 0 Å². The molecule has 1 aliphatic rings. The molecular weight excluding hydrogens is 248 g/mol. The average Bonchev–Trinajstić information content (AvgIpc) is 2.74. The van der Waals surface area contributed by atoms with E-state index in [2.05, 4.69) is 17.6 Å². The van der Waals surface area contributed by atoms with Crippen LogP contribution in [-0.2, 0) is 0 Å². The van der Waals surface area contributed by atoms with Gasteiger partial charge in [0.25, 0.3) is 0 Å². The number of aliphatic hydroxyl groups excluding tert-OH is 1. The fourth-order valence-corrected chi connectivity index (χ4v) is 3.52. The third-order valence-electron chi connectivity index (χ3n) is 3.29. The van der Waals surface area contributed by atoms with Crippen LogP contribution in [0.1, 0.15) is 46.0 Å². The van der Waals surface area contributed by atoms with Gasteiger partial charge in [0.1, 0.15) is 0 Å². The molecule has 3 atom stereocenters. The van der Waals surface area contributed by atoms with Gasteiger partial charge in [-0.3, -0.25) is 0 Å². The largest absolute Gasteiger partial charge is 0.396 e. The van der Waals surface area contributed by atoms with Gasteiger partial charge in [-0.2, -0.15) is 11.8 Å². The molecule has 0 bridgehead atoms. The van der Waals surface area contributed by atoms with Crippen molar-refractivity contribution >= 4 is 17.8 Å². The minimum absolute atomic E-state index is 0.0624. The first-order chi connectivity index (χ1) is 8.65. The molecule has 18 heavy (non-hydrogen) atoms. The topological polar surface area (TPSA) is 61.4 Å². The molecule has 0 radical (unpaired) electrons. The van der Waals surface area contributed by atoms with Gasteiger partial charge in [-0.25, -0.2) is 4.79 Å². The van der Waals surface area contributed by atoms with Crippen molar-refractivity contribution in [2.75, 3.05) is 12.4 Å². The van der Waals surface area contributed by atoms with E-state index in [1.165, 1.54) is 6.42 Å². The van der Waals surface area contributed by atoms with Gasteiger partial charge in [-0.05, 0) is 44.8 Å². The van der Waals surface area contributed by atoms with E-state index in [9.17, 15) is 4.79 Å². The second-order valence-corrected chi connectivity index (χ2v) is 6.55. The van der Waals surface area contributed by atoms with Crippen LogP contribution in [0, 0.1) is 0 Å². The predicted molar refractivity (Wildman–Crippen MR) is 77.0 cm³/mol. The quantitative estimate of drug-likeness (QED) is 0.666. The number of urea groups is 1. The number of aliphatic hydroxyl groups is 1. The molecule has 3 unspecified atom stereocenters. The Kier molecular flexibility index (Phi) is 7.51. The fraction of sp³-hybridized carbons (Fsp3) is 0.923. The third-order valence-corrected chi connectivity index (χ3v) is 4.53. The smallest absolute Gasteiger partial charge is 0.315 e. The van der Waals surface area contributed by atoms with E-state index < -0.39 is 0 Å². The molecule has 5 heteroatoms. The molecular formula is C13H26N2O2S. The fourth-order valence-electron chi connectivity index (χ4n) is 2.38. The second kappa shape index (κ2) is 8.64. The van der Waals surface area contributed by atoms with Gasteiger partial charge in [-0.15, -0.1) is 0 Å². The molecule has 0 aromatic heterocycles. The van der Waals surface area contributed by atoms with Crippen LogP contribution in [0.15, 0.2) is 0 Å². The van der Waals surface area contributed by atoms with Gasteiger partial charge in [-0.1, -0.05) is 6.92 Å². The highest BCUT2D eigenvalue weighted by molar-refractivity contribution is 7.99. The standard InChI is InChI=1S/C13H26N2O2S/c1-3-18-12-7-6-11(9-12)15-13(17)14-10(2)5-4-8-16/h10-12,16H,3-9H2,1-2H3,(H2,14,15,17). The molecule has 106 valence electrons. The van der Waals surface area contributed by atoms with E-state index in [0.717, 1.165) is 31.4 Å². The summed E-state index contributed by atoms with van der Waals surface area (Å²) in [6.45, 7) is 4.34. The van der Waals surface area contributed by atoms with Gasteiger partial charge < -0.3 is 15.7 Å². The highest BCUT2D eigenvalue weighted by Gasteiger charge is 2.25. The molecule has 1 fully saturated rings. The lowest BCUT2D eigenvalue weighted by atomic mass is 10.2. The van der Waals surface area contributed by atoms with Crippen LogP contribution >= 0.6 is 11.8 Å². The van der Waals surface area contributed by atoms with Crippen molar-refractivity contribution < 1.29 is 9.90 Å². The van der Waals surface area contributed by atoms with Gasteiger partial charge in [0.15, 0.2) is 0 Å². The molecule has 2 amide bonds. The van der Waals surface area contributed by atoms with Crippen LogP contribution < -0.4 is 10.6 Å². The maximum Gasteiger partial charge on any atom is 0.315 e. The third kappa shape index (κ3) is 5.96. The number of amides is 2. The maximum absolute atomic E-state index is 11.7. The Hall–Kier alpha value is -0.420. The van der Waals surface area contributed by atoms with E-state index in [1.807, 2.05) is 18.7 Å². The molecule has 0 spiro atoms. The lowest BCUT2D eigenvalue weighted by Gasteiger charge is -2.17. The molecule has 0 aliphatic heterocycles. The summed E-state index contributed by atoms with van der Waals surface area (Å²) in [5.41, 5.74) is 0. The molecule has 0 heterocycles. The molecule has 3 N–H and O–H groups in total. The van der Waals surface area contributed by atoms with Gasteiger partial charge >= 0.3 is 6.03 Å². The molecule has 4 nitrogen and oxygen atoms in total. The molecule has 0 saturated heterocycles. The molecule has 1 saturated carbocycles. The van der Waals surface area contributed by atoms with Crippen molar-refractivity contribution in [2.45, 2.75) is 63.3 Å². The van der Waals surface area contributed by atoms with Crippen molar-refractivity contribution in [3.05, 3.63) is 0 Å². The van der Waals surface area contributed by atoms with Crippen LogP contribution in [0.2, 0.25) is 0 Å². The summed E-state index contributed by atoms with van der Waals surface area (Å²) in [7, 11) is 0. The Morgan fingerprint density at radius 1 is 1.50 bits per heavy atom. The van der Waals surface area contributed by atoms with Crippen LogP contribution in [-0.4, -0.2) is 40.8 Å². The highest BCUT2D eigenvalue weighted by Crippen LogP contribution is 2.29. The van der Waals surface area contributed by atoms with Crippen molar-refractivity contribution in [1.29, 1.82) is 0 Å². The van der Waals surface area contributed by atoms with E-state index in [1.54, 1.807) is 0 Å². The number of hydrogen-bond donors (Lipinski definition) is 3. The number of hydrogen-bond acceptors (Lipinski definition) is 3. The second-order valence-electron chi connectivity index (χ2n) is 4.97. The first kappa shape index (κ1) is 15.6. The Labute approximate surface area is 114 Å². The Morgan fingerprint density at radius 3 is 2.94 bits per heavy atom.